The summed E-state index contributed by atoms with van der Waals surface area (Å²) in [6.45, 7) is 4.00. The van der Waals surface area contributed by atoms with Crippen LogP contribution < -0.4 is 5.32 Å². The average Bonchev–Trinajstić information content (AvgIpc) is 2.63. The number of rotatable bonds is 8. The fourth-order valence-corrected chi connectivity index (χ4v) is 4.87. The minimum absolute atomic E-state index is 0.0138. The zero-order valence-corrected chi connectivity index (χ0v) is 15.8. The molecule has 7 heteroatoms. The van der Waals surface area contributed by atoms with Crippen LogP contribution in [0.4, 0.5) is 0 Å². The summed E-state index contributed by atoms with van der Waals surface area (Å²) in [4.78, 5) is 12.4. The zero-order chi connectivity index (χ0) is 18.3. The Morgan fingerprint density at radius 3 is 2.64 bits per heavy atom. The molecule has 1 saturated heterocycles. The minimum atomic E-state index is -3.46. The highest BCUT2D eigenvalue weighted by Gasteiger charge is 2.35. The summed E-state index contributed by atoms with van der Waals surface area (Å²) >= 11 is 0. The summed E-state index contributed by atoms with van der Waals surface area (Å²) in [7, 11) is -1.86. The smallest absolute Gasteiger partial charge is 0.243 e. The van der Waals surface area contributed by atoms with Gasteiger partial charge in [0.05, 0.1) is 11.5 Å². The number of ether oxygens (including phenoxy) is 1. The highest BCUT2D eigenvalue weighted by molar-refractivity contribution is 7.89. The van der Waals surface area contributed by atoms with E-state index < -0.39 is 10.0 Å². The van der Waals surface area contributed by atoms with Crippen molar-refractivity contribution in [1.82, 2.24) is 9.62 Å². The zero-order valence-electron chi connectivity index (χ0n) is 15.0. The molecule has 0 aliphatic carbocycles. The topological polar surface area (TPSA) is 75.7 Å². The minimum Gasteiger partial charge on any atom is -0.383 e. The van der Waals surface area contributed by atoms with Crippen molar-refractivity contribution in [3.05, 3.63) is 30.3 Å². The van der Waals surface area contributed by atoms with E-state index in [0.717, 1.165) is 6.42 Å². The van der Waals surface area contributed by atoms with Crippen molar-refractivity contribution < 1.29 is 17.9 Å². The molecular formula is C18H28N2O4S. The number of benzene rings is 1. The third-order valence-electron chi connectivity index (χ3n) is 4.84. The van der Waals surface area contributed by atoms with Gasteiger partial charge in [0.15, 0.2) is 0 Å². The molecule has 1 N–H and O–H groups in total. The lowest BCUT2D eigenvalue weighted by Gasteiger charge is -2.37. The molecule has 2 rings (SSSR count). The van der Waals surface area contributed by atoms with Crippen molar-refractivity contribution in [2.75, 3.05) is 33.4 Å². The first-order chi connectivity index (χ1) is 12.0. The molecule has 0 bridgehead atoms. The van der Waals surface area contributed by atoms with Crippen molar-refractivity contribution in [1.29, 1.82) is 0 Å². The van der Waals surface area contributed by atoms with Gasteiger partial charge < -0.3 is 10.1 Å². The molecule has 0 unspecified atom stereocenters. The van der Waals surface area contributed by atoms with Gasteiger partial charge in [-0.2, -0.15) is 4.31 Å². The predicted molar refractivity (Wildman–Crippen MR) is 96.6 cm³/mol. The molecular weight excluding hydrogens is 340 g/mol. The van der Waals surface area contributed by atoms with Crippen LogP contribution >= 0.6 is 0 Å². The summed E-state index contributed by atoms with van der Waals surface area (Å²) in [6.07, 6.45) is 2.01. The van der Waals surface area contributed by atoms with Crippen LogP contribution in [-0.2, 0) is 19.6 Å². The van der Waals surface area contributed by atoms with Gasteiger partial charge in [-0.25, -0.2) is 8.42 Å². The lowest BCUT2D eigenvalue weighted by Crippen LogP contribution is -2.44. The third-order valence-corrected chi connectivity index (χ3v) is 6.71. The lowest BCUT2D eigenvalue weighted by molar-refractivity contribution is -0.123. The van der Waals surface area contributed by atoms with Crippen LogP contribution in [-0.4, -0.2) is 52.0 Å². The summed E-state index contributed by atoms with van der Waals surface area (Å²) in [5.74, 6) is 0.426. The lowest BCUT2D eigenvalue weighted by atomic mass is 9.82. The second kappa shape index (κ2) is 9.31. The van der Waals surface area contributed by atoms with Crippen LogP contribution in [0.5, 0.6) is 0 Å². The number of hydrogen-bond donors (Lipinski definition) is 1. The standard InChI is InChI=1S/C18H28N2O4S/c1-3-15-14-20(25(22,23)17-7-5-4-6-8-17)11-9-16(15)13-18(21)19-10-12-24-2/h4-8,15-16H,3,9-14H2,1-2H3,(H,19,21)/t15-,16+/m1/s1. The van der Waals surface area contributed by atoms with Crippen molar-refractivity contribution >= 4 is 15.9 Å². The average molecular weight is 368 g/mol. The highest BCUT2D eigenvalue weighted by Crippen LogP contribution is 2.31. The molecule has 1 aromatic rings. The second-order valence-electron chi connectivity index (χ2n) is 6.44. The van der Waals surface area contributed by atoms with Gasteiger partial charge in [-0.3, -0.25) is 4.79 Å². The number of piperidine rings is 1. The Hall–Kier alpha value is -1.44. The summed E-state index contributed by atoms with van der Waals surface area (Å²) in [5.41, 5.74) is 0. The number of carbonyl (C=O) groups is 1. The van der Waals surface area contributed by atoms with Crippen molar-refractivity contribution in [2.45, 2.75) is 31.1 Å². The number of sulfonamides is 1. The van der Waals surface area contributed by atoms with Crippen molar-refractivity contribution in [3.8, 4) is 0 Å². The predicted octanol–water partition coefficient (Wildman–Crippen LogP) is 1.88. The Kier molecular flexibility index (Phi) is 7.40. The monoisotopic (exact) mass is 368 g/mol. The number of carbonyl (C=O) groups excluding carboxylic acids is 1. The Morgan fingerprint density at radius 1 is 1.28 bits per heavy atom. The van der Waals surface area contributed by atoms with Crippen LogP contribution in [0.15, 0.2) is 35.2 Å². The molecule has 1 fully saturated rings. The summed E-state index contributed by atoms with van der Waals surface area (Å²) in [5, 5.41) is 2.85. The van der Waals surface area contributed by atoms with Crippen molar-refractivity contribution in [3.63, 3.8) is 0 Å². The number of amides is 1. The van der Waals surface area contributed by atoms with Gasteiger partial charge in [-0.15, -0.1) is 0 Å². The fourth-order valence-electron chi connectivity index (χ4n) is 3.34. The molecule has 1 heterocycles. The van der Waals surface area contributed by atoms with Gasteiger partial charge in [0.1, 0.15) is 0 Å². The highest BCUT2D eigenvalue weighted by atomic mass is 32.2. The van der Waals surface area contributed by atoms with Gasteiger partial charge in [-0.05, 0) is 30.4 Å². The van der Waals surface area contributed by atoms with E-state index in [1.165, 1.54) is 0 Å². The molecule has 25 heavy (non-hydrogen) atoms. The van der Waals surface area contributed by atoms with Crippen LogP contribution in [0.25, 0.3) is 0 Å². The van der Waals surface area contributed by atoms with E-state index in [4.69, 9.17) is 4.74 Å². The van der Waals surface area contributed by atoms with E-state index in [1.807, 2.05) is 6.07 Å². The first kappa shape index (κ1) is 19.9. The number of hydrogen-bond acceptors (Lipinski definition) is 4. The van der Waals surface area contributed by atoms with Crippen LogP contribution in [0, 0.1) is 11.8 Å². The van der Waals surface area contributed by atoms with Crippen LogP contribution in [0.2, 0.25) is 0 Å². The second-order valence-corrected chi connectivity index (χ2v) is 8.38. The molecule has 1 aliphatic heterocycles. The molecule has 0 aromatic heterocycles. The largest absolute Gasteiger partial charge is 0.383 e. The summed E-state index contributed by atoms with van der Waals surface area (Å²) in [6, 6.07) is 8.54. The summed E-state index contributed by atoms with van der Waals surface area (Å²) < 4.78 is 32.1. The van der Waals surface area contributed by atoms with Gasteiger partial charge in [0.2, 0.25) is 15.9 Å². The van der Waals surface area contributed by atoms with E-state index in [0.29, 0.717) is 44.0 Å². The van der Waals surface area contributed by atoms with E-state index in [2.05, 4.69) is 12.2 Å². The Morgan fingerprint density at radius 2 is 2.00 bits per heavy atom. The van der Waals surface area contributed by atoms with Gasteiger partial charge in [0, 0.05) is 33.2 Å². The Labute approximate surface area is 150 Å². The normalized spacial score (nSPS) is 21.8. The first-order valence-electron chi connectivity index (χ1n) is 8.79. The molecule has 140 valence electrons. The Balaban J connectivity index is 1.98. The van der Waals surface area contributed by atoms with Crippen molar-refractivity contribution in [2.24, 2.45) is 11.8 Å². The molecule has 2 atom stereocenters. The molecule has 0 radical (unpaired) electrons. The number of methoxy groups -OCH3 is 1. The van der Waals surface area contributed by atoms with Crippen LogP contribution in [0.1, 0.15) is 26.2 Å². The fraction of sp³-hybridized carbons (Fsp3) is 0.611. The molecule has 6 nitrogen and oxygen atoms in total. The molecule has 1 aliphatic rings. The molecule has 1 aromatic carbocycles. The number of nitrogens with one attached hydrogen (secondary N) is 1. The van der Waals surface area contributed by atoms with E-state index in [1.54, 1.807) is 35.7 Å². The Bertz CT molecular complexity index is 648. The quantitative estimate of drug-likeness (QED) is 0.711. The number of nitrogens with zero attached hydrogens (tertiary/aromatic N) is 1. The molecule has 0 spiro atoms. The third kappa shape index (κ3) is 5.26. The SMILES string of the molecule is CC[C@@H]1CN(S(=O)(=O)c2ccccc2)CC[C@H]1CC(=O)NCCOC. The molecule has 0 saturated carbocycles. The first-order valence-corrected chi connectivity index (χ1v) is 10.2. The van der Waals surface area contributed by atoms with Crippen LogP contribution in [0.3, 0.4) is 0 Å². The van der Waals surface area contributed by atoms with Gasteiger partial charge in [0.25, 0.3) is 0 Å². The van der Waals surface area contributed by atoms with Gasteiger partial charge in [-0.1, -0.05) is 31.5 Å². The maximum absolute atomic E-state index is 12.8. The maximum atomic E-state index is 12.8. The van der Waals surface area contributed by atoms with E-state index in [9.17, 15) is 13.2 Å². The van der Waals surface area contributed by atoms with Gasteiger partial charge >= 0.3 is 0 Å². The van der Waals surface area contributed by atoms with E-state index >= 15 is 0 Å². The van der Waals surface area contributed by atoms with E-state index in [-0.39, 0.29) is 17.7 Å². The molecule has 1 amide bonds. The maximum Gasteiger partial charge on any atom is 0.243 e.